The van der Waals surface area contributed by atoms with Crippen molar-refractivity contribution in [2.75, 3.05) is 13.7 Å². The summed E-state index contributed by atoms with van der Waals surface area (Å²) in [4.78, 5) is 36.5. The van der Waals surface area contributed by atoms with E-state index in [0.29, 0.717) is 10.9 Å². The number of furan rings is 1. The summed E-state index contributed by atoms with van der Waals surface area (Å²) >= 11 is 0. The summed E-state index contributed by atoms with van der Waals surface area (Å²) in [7, 11) is 1.22. The Morgan fingerprint density at radius 1 is 1.10 bits per heavy atom. The van der Waals surface area contributed by atoms with Gasteiger partial charge in [-0.05, 0) is 18.6 Å². The normalized spacial score (nSPS) is 11.7. The van der Waals surface area contributed by atoms with Crippen molar-refractivity contribution in [1.82, 2.24) is 5.32 Å². The molecule has 1 heterocycles. The molecular formula is C22H20FNO6. The molecule has 8 heteroatoms. The lowest BCUT2D eigenvalue weighted by molar-refractivity contribution is -0.145. The minimum absolute atomic E-state index is 0.0555. The van der Waals surface area contributed by atoms with Gasteiger partial charge in [0.15, 0.2) is 18.0 Å². The highest BCUT2D eigenvalue weighted by molar-refractivity contribution is 5.97. The Morgan fingerprint density at radius 2 is 1.83 bits per heavy atom. The van der Waals surface area contributed by atoms with Crippen molar-refractivity contribution < 1.29 is 32.7 Å². The van der Waals surface area contributed by atoms with Gasteiger partial charge in [0.05, 0.1) is 7.11 Å². The van der Waals surface area contributed by atoms with Crippen molar-refractivity contribution in [3.8, 4) is 0 Å². The largest absolute Gasteiger partial charge is 0.467 e. The van der Waals surface area contributed by atoms with Crippen LogP contribution in [0.4, 0.5) is 4.39 Å². The number of esters is 2. The molecule has 0 fully saturated rings. The average molecular weight is 413 g/mol. The van der Waals surface area contributed by atoms with Crippen LogP contribution in [0.3, 0.4) is 0 Å². The summed E-state index contributed by atoms with van der Waals surface area (Å²) in [5, 5.41) is 2.94. The number of ether oxygens (including phenoxy) is 2. The van der Waals surface area contributed by atoms with Gasteiger partial charge in [0, 0.05) is 17.4 Å². The smallest absolute Gasteiger partial charge is 0.375 e. The van der Waals surface area contributed by atoms with E-state index in [2.05, 4.69) is 5.32 Å². The van der Waals surface area contributed by atoms with Crippen LogP contribution >= 0.6 is 0 Å². The van der Waals surface area contributed by atoms with Gasteiger partial charge in [0.25, 0.3) is 5.91 Å². The molecule has 1 amide bonds. The first-order valence-electron chi connectivity index (χ1n) is 9.16. The van der Waals surface area contributed by atoms with Crippen LogP contribution < -0.4 is 5.32 Å². The maximum atomic E-state index is 13.8. The number of benzene rings is 2. The zero-order valence-corrected chi connectivity index (χ0v) is 16.4. The van der Waals surface area contributed by atoms with Crippen molar-refractivity contribution in [2.45, 2.75) is 19.4 Å². The van der Waals surface area contributed by atoms with Crippen LogP contribution in [-0.4, -0.2) is 37.6 Å². The van der Waals surface area contributed by atoms with Gasteiger partial charge in [-0.25, -0.2) is 14.0 Å². The van der Waals surface area contributed by atoms with Gasteiger partial charge >= 0.3 is 11.9 Å². The third-order valence-electron chi connectivity index (χ3n) is 4.54. The average Bonchev–Trinajstić information content (AvgIpc) is 3.10. The fourth-order valence-corrected chi connectivity index (χ4v) is 3.02. The summed E-state index contributed by atoms with van der Waals surface area (Å²) in [6.45, 7) is 0.954. The molecule has 3 aromatic rings. The number of aryl methyl sites for hydroxylation is 1. The number of amides is 1. The molecule has 0 aliphatic heterocycles. The van der Waals surface area contributed by atoms with Crippen LogP contribution in [0.1, 0.15) is 21.7 Å². The number of rotatable bonds is 7. The first-order chi connectivity index (χ1) is 14.4. The molecule has 0 radical (unpaired) electrons. The number of halogens is 1. The Hall–Kier alpha value is -3.68. The predicted octanol–water partition coefficient (Wildman–Crippen LogP) is 2.94. The van der Waals surface area contributed by atoms with Crippen molar-refractivity contribution in [2.24, 2.45) is 0 Å². The predicted molar refractivity (Wildman–Crippen MR) is 105 cm³/mol. The van der Waals surface area contributed by atoms with Crippen LogP contribution in [0.5, 0.6) is 0 Å². The number of para-hydroxylation sites is 1. The summed E-state index contributed by atoms with van der Waals surface area (Å²) < 4.78 is 28.8. The molecular weight excluding hydrogens is 393 g/mol. The Bertz CT molecular complexity index is 1080. The van der Waals surface area contributed by atoms with Crippen LogP contribution in [0, 0.1) is 12.7 Å². The fourth-order valence-electron chi connectivity index (χ4n) is 3.02. The van der Waals surface area contributed by atoms with Gasteiger partial charge in [-0.15, -0.1) is 0 Å². The molecule has 30 heavy (non-hydrogen) atoms. The second-order valence-corrected chi connectivity index (χ2v) is 6.58. The number of methoxy groups -OCH3 is 1. The van der Waals surface area contributed by atoms with Crippen molar-refractivity contribution >= 4 is 28.8 Å². The van der Waals surface area contributed by atoms with Crippen LogP contribution in [0.25, 0.3) is 11.0 Å². The Balaban J connectivity index is 1.64. The van der Waals surface area contributed by atoms with Crippen molar-refractivity contribution in [1.29, 1.82) is 0 Å². The molecule has 0 unspecified atom stereocenters. The maximum Gasteiger partial charge on any atom is 0.375 e. The second kappa shape index (κ2) is 9.21. The first-order valence-corrected chi connectivity index (χ1v) is 9.16. The van der Waals surface area contributed by atoms with Crippen LogP contribution in [0.2, 0.25) is 0 Å². The highest BCUT2D eigenvalue weighted by atomic mass is 19.1. The third-order valence-corrected chi connectivity index (χ3v) is 4.54. The Labute approximate surface area is 171 Å². The fraction of sp³-hybridized carbons (Fsp3) is 0.227. The van der Waals surface area contributed by atoms with Gasteiger partial charge in [-0.3, -0.25) is 4.79 Å². The molecule has 0 aliphatic carbocycles. The van der Waals surface area contributed by atoms with Gasteiger partial charge in [-0.1, -0.05) is 42.5 Å². The number of carbonyl (C=O) groups is 3. The molecule has 2 aromatic carbocycles. The van der Waals surface area contributed by atoms with E-state index in [4.69, 9.17) is 13.9 Å². The maximum absolute atomic E-state index is 13.8. The molecule has 0 bridgehead atoms. The summed E-state index contributed by atoms with van der Waals surface area (Å²) in [5.41, 5.74) is 1.18. The molecule has 1 atom stereocenters. The SMILES string of the molecule is COC(=O)[C@H](Cc1ccccc1)NC(=O)COC(=O)c1oc2c(F)cccc2c1C. The van der Waals surface area contributed by atoms with Gasteiger partial charge in [0.1, 0.15) is 6.04 Å². The van der Waals surface area contributed by atoms with E-state index in [9.17, 15) is 18.8 Å². The standard InChI is InChI=1S/C22H20FNO6/c1-13-15-9-6-10-16(23)20(15)30-19(13)22(27)29-12-18(25)24-17(21(26)28-2)11-14-7-4-3-5-8-14/h3-10,17H,11-12H2,1-2H3,(H,24,25)/t17-/m0/s1. The van der Waals surface area contributed by atoms with Gasteiger partial charge in [-0.2, -0.15) is 0 Å². The number of fused-ring (bicyclic) bond motifs is 1. The van der Waals surface area contributed by atoms with E-state index in [0.717, 1.165) is 5.56 Å². The van der Waals surface area contributed by atoms with E-state index in [1.807, 2.05) is 30.3 Å². The van der Waals surface area contributed by atoms with E-state index < -0.39 is 36.3 Å². The van der Waals surface area contributed by atoms with Crippen LogP contribution in [-0.2, 0) is 25.5 Å². The summed E-state index contributed by atoms with van der Waals surface area (Å²) in [6, 6.07) is 12.5. The number of carbonyl (C=O) groups excluding carboxylic acids is 3. The van der Waals surface area contributed by atoms with E-state index in [1.165, 1.54) is 19.2 Å². The summed E-state index contributed by atoms with van der Waals surface area (Å²) in [6.07, 6.45) is 0.217. The highest BCUT2D eigenvalue weighted by Crippen LogP contribution is 2.27. The quantitative estimate of drug-likeness (QED) is 0.599. The topological polar surface area (TPSA) is 94.8 Å². The molecule has 1 aromatic heterocycles. The molecule has 0 saturated carbocycles. The molecule has 3 rings (SSSR count). The lowest BCUT2D eigenvalue weighted by atomic mass is 10.1. The second-order valence-electron chi connectivity index (χ2n) is 6.58. The molecule has 7 nitrogen and oxygen atoms in total. The van der Waals surface area contributed by atoms with Gasteiger partial charge in [0.2, 0.25) is 5.76 Å². The first kappa shape index (κ1) is 21.0. The summed E-state index contributed by atoms with van der Waals surface area (Å²) in [5.74, 6) is -3.00. The molecule has 1 N–H and O–H groups in total. The minimum Gasteiger partial charge on any atom is -0.467 e. The lowest BCUT2D eigenvalue weighted by Gasteiger charge is -2.16. The van der Waals surface area contributed by atoms with E-state index >= 15 is 0 Å². The minimum atomic E-state index is -0.939. The number of hydrogen-bond donors (Lipinski definition) is 1. The zero-order chi connectivity index (χ0) is 21.7. The third kappa shape index (κ3) is 4.65. The van der Waals surface area contributed by atoms with E-state index in [1.54, 1.807) is 13.0 Å². The monoisotopic (exact) mass is 413 g/mol. The van der Waals surface area contributed by atoms with Crippen LogP contribution in [0.15, 0.2) is 52.9 Å². The lowest BCUT2D eigenvalue weighted by Crippen LogP contribution is -2.44. The Morgan fingerprint density at radius 3 is 2.50 bits per heavy atom. The number of nitrogens with one attached hydrogen (secondary N) is 1. The van der Waals surface area contributed by atoms with E-state index in [-0.39, 0.29) is 17.8 Å². The zero-order valence-electron chi connectivity index (χ0n) is 16.4. The Kier molecular flexibility index (Phi) is 6.46. The molecule has 0 saturated heterocycles. The van der Waals surface area contributed by atoms with Crippen molar-refractivity contribution in [3.05, 3.63) is 71.2 Å². The molecule has 0 aliphatic rings. The molecule has 156 valence electrons. The van der Waals surface area contributed by atoms with Gasteiger partial charge < -0.3 is 19.2 Å². The van der Waals surface area contributed by atoms with Crippen molar-refractivity contribution in [3.63, 3.8) is 0 Å². The molecule has 0 spiro atoms. The highest BCUT2D eigenvalue weighted by Gasteiger charge is 2.24. The number of hydrogen-bond acceptors (Lipinski definition) is 6.